The number of hydrogen-bond donors (Lipinski definition) is 1. The van der Waals surface area contributed by atoms with E-state index in [4.69, 9.17) is 0 Å². The lowest BCUT2D eigenvalue weighted by molar-refractivity contribution is -0.140. The van der Waals surface area contributed by atoms with Crippen LogP contribution in [0.5, 0.6) is 0 Å². The van der Waals surface area contributed by atoms with Crippen molar-refractivity contribution >= 4 is 15.8 Å². The molecule has 0 heterocycles. The second kappa shape index (κ2) is 8.47. The normalized spacial score (nSPS) is 13.4. The molecule has 0 rings (SSSR count). The Hall–Kier alpha value is -0.620. The zero-order chi connectivity index (χ0) is 13.3. The molecule has 6 heteroatoms. The predicted molar refractivity (Wildman–Crippen MR) is 67.7 cm³/mol. The summed E-state index contributed by atoms with van der Waals surface area (Å²) in [6.45, 7) is 2.06. The van der Waals surface area contributed by atoms with Crippen LogP contribution in [-0.4, -0.2) is 46.1 Å². The van der Waals surface area contributed by atoms with Gasteiger partial charge in [-0.2, -0.15) is 0 Å². The number of rotatable bonds is 9. The molecule has 0 spiro atoms. The van der Waals surface area contributed by atoms with Crippen LogP contribution >= 0.6 is 0 Å². The lowest BCUT2D eigenvalue weighted by Gasteiger charge is -2.13. The van der Waals surface area contributed by atoms with E-state index in [1.165, 1.54) is 7.11 Å². The van der Waals surface area contributed by atoms with Crippen molar-refractivity contribution in [2.45, 2.75) is 38.6 Å². The van der Waals surface area contributed by atoms with Gasteiger partial charge in [0, 0.05) is 6.04 Å². The van der Waals surface area contributed by atoms with Crippen molar-refractivity contribution in [2.75, 3.05) is 25.7 Å². The fourth-order valence-electron chi connectivity index (χ4n) is 1.55. The van der Waals surface area contributed by atoms with Crippen LogP contribution in [0.3, 0.4) is 0 Å². The highest BCUT2D eigenvalue weighted by Gasteiger charge is 2.14. The highest BCUT2D eigenvalue weighted by molar-refractivity contribution is 7.91. The zero-order valence-electron chi connectivity index (χ0n) is 10.9. The predicted octanol–water partition coefficient (Wildman–Crippen LogP) is 0.743. The molecule has 5 nitrogen and oxygen atoms in total. The quantitative estimate of drug-likeness (QED) is 0.623. The number of hydrogen-bond acceptors (Lipinski definition) is 5. The maximum atomic E-state index is 11.6. The number of carbonyl (C=O) groups is 1. The molecular formula is C11H23NO4S. The van der Waals surface area contributed by atoms with E-state index in [-0.39, 0.29) is 17.9 Å². The molecular weight excluding hydrogens is 242 g/mol. The average molecular weight is 265 g/mol. The molecule has 1 unspecified atom stereocenters. The maximum absolute atomic E-state index is 11.6. The monoisotopic (exact) mass is 265 g/mol. The molecule has 0 aromatic heterocycles. The van der Waals surface area contributed by atoms with Gasteiger partial charge in [-0.15, -0.1) is 0 Å². The highest BCUT2D eigenvalue weighted by Crippen LogP contribution is 2.05. The van der Waals surface area contributed by atoms with Gasteiger partial charge in [0.2, 0.25) is 0 Å². The number of ether oxygens (including phenoxy) is 1. The van der Waals surface area contributed by atoms with Gasteiger partial charge in [0.25, 0.3) is 0 Å². The summed E-state index contributed by atoms with van der Waals surface area (Å²) in [5.41, 5.74) is 0. The minimum absolute atomic E-state index is 0.0535. The highest BCUT2D eigenvalue weighted by atomic mass is 32.2. The molecule has 0 aromatic carbocycles. The molecule has 0 saturated carbocycles. The molecule has 17 heavy (non-hydrogen) atoms. The van der Waals surface area contributed by atoms with Gasteiger partial charge < -0.3 is 10.1 Å². The first kappa shape index (κ1) is 16.4. The Bertz CT molecular complexity index is 309. The molecule has 0 bridgehead atoms. The van der Waals surface area contributed by atoms with E-state index in [9.17, 15) is 13.2 Å². The topological polar surface area (TPSA) is 72.5 Å². The Kier molecular flexibility index (Phi) is 8.16. The van der Waals surface area contributed by atoms with Crippen molar-refractivity contribution in [1.82, 2.24) is 5.32 Å². The SMILES string of the molecule is CCC(CCCS(=O)(=O)CCC(=O)OC)NC. The van der Waals surface area contributed by atoms with Crippen molar-refractivity contribution in [3.8, 4) is 0 Å². The molecule has 0 fully saturated rings. The first-order valence-electron chi connectivity index (χ1n) is 5.89. The van der Waals surface area contributed by atoms with Crippen LogP contribution in [0, 0.1) is 0 Å². The molecule has 0 saturated heterocycles. The standard InChI is InChI=1S/C11H23NO4S/c1-4-10(12-2)6-5-8-17(14,15)9-7-11(13)16-3/h10,12H,4-9H2,1-3H3. The van der Waals surface area contributed by atoms with Gasteiger partial charge in [0.15, 0.2) is 9.84 Å². The number of carbonyl (C=O) groups excluding carboxylic acids is 1. The third-order valence-corrected chi connectivity index (χ3v) is 4.49. The Morgan fingerprint density at radius 3 is 2.47 bits per heavy atom. The number of sulfone groups is 1. The molecule has 0 aliphatic carbocycles. The maximum Gasteiger partial charge on any atom is 0.306 e. The van der Waals surface area contributed by atoms with Gasteiger partial charge in [-0.1, -0.05) is 6.92 Å². The fraction of sp³-hybridized carbons (Fsp3) is 0.909. The van der Waals surface area contributed by atoms with Crippen LogP contribution in [0.1, 0.15) is 32.6 Å². The lowest BCUT2D eigenvalue weighted by Crippen LogP contribution is -2.25. The summed E-state index contributed by atoms with van der Waals surface area (Å²) in [6.07, 6.45) is 2.40. The summed E-state index contributed by atoms with van der Waals surface area (Å²) < 4.78 is 27.6. The Morgan fingerprint density at radius 1 is 1.35 bits per heavy atom. The van der Waals surface area contributed by atoms with E-state index in [0.717, 1.165) is 12.8 Å². The van der Waals surface area contributed by atoms with E-state index >= 15 is 0 Å². The number of esters is 1. The Labute approximate surface area is 104 Å². The second-order valence-electron chi connectivity index (χ2n) is 4.01. The summed E-state index contributed by atoms with van der Waals surface area (Å²) in [7, 11) is 0.00512. The molecule has 0 amide bonds. The van der Waals surface area contributed by atoms with Gasteiger partial charge in [-0.25, -0.2) is 8.42 Å². The molecule has 0 aliphatic rings. The van der Waals surface area contributed by atoms with E-state index in [2.05, 4.69) is 17.0 Å². The molecule has 0 aromatic rings. The summed E-state index contributed by atoms with van der Waals surface area (Å²) in [5, 5.41) is 3.13. The zero-order valence-corrected chi connectivity index (χ0v) is 11.7. The molecule has 0 radical (unpaired) electrons. The summed E-state index contributed by atoms with van der Waals surface area (Å²) in [5.74, 6) is -0.451. The van der Waals surface area contributed by atoms with Crippen LogP contribution in [0.25, 0.3) is 0 Å². The van der Waals surface area contributed by atoms with Gasteiger partial charge in [-0.3, -0.25) is 4.79 Å². The van der Waals surface area contributed by atoms with Crippen molar-refractivity contribution in [3.05, 3.63) is 0 Å². The van der Waals surface area contributed by atoms with Crippen LogP contribution in [0.4, 0.5) is 0 Å². The van der Waals surface area contributed by atoms with Gasteiger partial charge in [0.1, 0.15) is 0 Å². The largest absolute Gasteiger partial charge is 0.469 e. The summed E-state index contributed by atoms with van der Waals surface area (Å²) >= 11 is 0. The molecule has 102 valence electrons. The minimum Gasteiger partial charge on any atom is -0.469 e. The summed E-state index contributed by atoms with van der Waals surface area (Å²) in [6, 6.07) is 0.366. The number of methoxy groups -OCH3 is 1. The van der Waals surface area contributed by atoms with Gasteiger partial charge in [0.05, 0.1) is 25.0 Å². The van der Waals surface area contributed by atoms with E-state index < -0.39 is 15.8 Å². The van der Waals surface area contributed by atoms with E-state index in [1.54, 1.807) is 0 Å². The fourth-order valence-corrected chi connectivity index (χ4v) is 2.83. The van der Waals surface area contributed by atoms with E-state index in [1.807, 2.05) is 7.05 Å². The third-order valence-electron chi connectivity index (χ3n) is 2.75. The Balaban J connectivity index is 3.90. The number of nitrogens with one attached hydrogen (secondary N) is 1. The first-order chi connectivity index (χ1) is 7.95. The van der Waals surface area contributed by atoms with E-state index in [0.29, 0.717) is 12.5 Å². The smallest absolute Gasteiger partial charge is 0.306 e. The first-order valence-corrected chi connectivity index (χ1v) is 7.71. The van der Waals surface area contributed by atoms with Crippen molar-refractivity contribution in [1.29, 1.82) is 0 Å². The van der Waals surface area contributed by atoms with Crippen molar-refractivity contribution in [3.63, 3.8) is 0 Å². The Morgan fingerprint density at radius 2 is 2.00 bits per heavy atom. The van der Waals surface area contributed by atoms with Crippen LogP contribution in [0.15, 0.2) is 0 Å². The second-order valence-corrected chi connectivity index (χ2v) is 6.32. The van der Waals surface area contributed by atoms with Crippen LogP contribution in [-0.2, 0) is 19.4 Å². The molecule has 1 atom stereocenters. The molecule has 1 N–H and O–H groups in total. The average Bonchev–Trinajstić information content (AvgIpc) is 2.31. The van der Waals surface area contributed by atoms with Crippen molar-refractivity contribution < 1.29 is 17.9 Å². The minimum atomic E-state index is -3.13. The lowest BCUT2D eigenvalue weighted by atomic mass is 10.1. The van der Waals surface area contributed by atoms with Crippen molar-refractivity contribution in [2.24, 2.45) is 0 Å². The van der Waals surface area contributed by atoms with Gasteiger partial charge in [-0.05, 0) is 26.3 Å². The van der Waals surface area contributed by atoms with Gasteiger partial charge >= 0.3 is 5.97 Å². The van der Waals surface area contributed by atoms with Crippen LogP contribution in [0.2, 0.25) is 0 Å². The van der Waals surface area contributed by atoms with Crippen LogP contribution < -0.4 is 5.32 Å². The molecule has 0 aliphatic heterocycles. The third kappa shape index (κ3) is 8.15. The summed E-state index contributed by atoms with van der Waals surface area (Å²) in [4.78, 5) is 10.8.